The second kappa shape index (κ2) is 5.95. The lowest BCUT2D eigenvalue weighted by Gasteiger charge is -2.18. The van der Waals surface area contributed by atoms with Crippen LogP contribution in [0.5, 0.6) is 0 Å². The summed E-state index contributed by atoms with van der Waals surface area (Å²) in [6, 6.07) is 11.1. The minimum Gasteiger partial charge on any atom is -0.360 e. The van der Waals surface area contributed by atoms with E-state index in [9.17, 15) is 4.79 Å². The van der Waals surface area contributed by atoms with E-state index in [1.54, 1.807) is 25.3 Å². The molecule has 1 heterocycles. The molecule has 2 aromatic rings. The molecule has 0 saturated carbocycles. The Morgan fingerprint density at radius 3 is 2.33 bits per heavy atom. The van der Waals surface area contributed by atoms with Gasteiger partial charge in [-0.05, 0) is 42.2 Å². The molecule has 0 aliphatic heterocycles. The lowest BCUT2D eigenvalue weighted by Crippen LogP contribution is -2.11. The minimum atomic E-state index is -0.457. The molecule has 0 fully saturated rings. The average Bonchev–Trinajstić information content (AvgIpc) is 2.98. The summed E-state index contributed by atoms with van der Waals surface area (Å²) in [4.78, 5) is 19.9. The third-order valence-corrected chi connectivity index (χ3v) is 3.24. The number of nitrogens with one attached hydrogen (secondary N) is 1. The van der Waals surface area contributed by atoms with Crippen LogP contribution in [0.1, 0.15) is 49.3 Å². The molecule has 0 saturated heterocycles. The van der Waals surface area contributed by atoms with Crippen LogP contribution in [0.2, 0.25) is 0 Å². The van der Waals surface area contributed by atoms with Crippen molar-refractivity contribution in [2.45, 2.75) is 33.1 Å². The molecule has 0 atom stereocenters. The van der Waals surface area contributed by atoms with Crippen molar-refractivity contribution in [3.05, 3.63) is 59.4 Å². The Hall–Kier alpha value is -2.36. The van der Waals surface area contributed by atoms with Crippen LogP contribution in [0.15, 0.2) is 47.8 Å². The Kier molecular flexibility index (Phi) is 4.26. The van der Waals surface area contributed by atoms with Crippen LogP contribution in [0.4, 0.5) is 0 Å². The zero-order valence-electron chi connectivity index (χ0n) is 12.8. The largest absolute Gasteiger partial charge is 0.365 e. The van der Waals surface area contributed by atoms with Gasteiger partial charge in [-0.25, -0.2) is 4.79 Å². The molecule has 0 aliphatic carbocycles. The van der Waals surface area contributed by atoms with Crippen LogP contribution >= 0.6 is 0 Å². The maximum absolute atomic E-state index is 11.9. The number of hydrogen-bond acceptors (Lipinski definition) is 3. The van der Waals surface area contributed by atoms with E-state index in [1.807, 2.05) is 24.3 Å². The molecule has 0 radical (unpaired) electrons. The lowest BCUT2D eigenvalue weighted by molar-refractivity contribution is 0.0516. The molecule has 0 aliphatic rings. The third-order valence-electron chi connectivity index (χ3n) is 3.24. The molecule has 0 amide bonds. The number of oxime groups is 1. The summed E-state index contributed by atoms with van der Waals surface area (Å²) in [5, 5.41) is 3.85. The van der Waals surface area contributed by atoms with Gasteiger partial charge < -0.3 is 9.82 Å². The van der Waals surface area contributed by atoms with Gasteiger partial charge in [0.15, 0.2) is 0 Å². The van der Waals surface area contributed by atoms with Crippen LogP contribution in [-0.4, -0.2) is 16.7 Å². The van der Waals surface area contributed by atoms with E-state index < -0.39 is 5.97 Å². The summed E-state index contributed by atoms with van der Waals surface area (Å²) in [5.41, 5.74) is 3.17. The second-order valence-corrected chi connectivity index (χ2v) is 5.97. The smallest absolute Gasteiger partial charge is 0.360 e. The van der Waals surface area contributed by atoms with Gasteiger partial charge in [0.05, 0.1) is 11.3 Å². The number of carbonyl (C=O) groups excluding carboxylic acids is 1. The highest BCUT2D eigenvalue weighted by Gasteiger charge is 2.15. The van der Waals surface area contributed by atoms with E-state index in [2.05, 4.69) is 30.9 Å². The van der Waals surface area contributed by atoms with Gasteiger partial charge in [-0.15, -0.1) is 0 Å². The molecule has 4 nitrogen and oxygen atoms in total. The van der Waals surface area contributed by atoms with Crippen molar-refractivity contribution in [1.82, 2.24) is 4.98 Å². The highest BCUT2D eigenvalue weighted by atomic mass is 16.7. The summed E-state index contributed by atoms with van der Waals surface area (Å²) in [6.07, 6.45) is 1.79. The van der Waals surface area contributed by atoms with E-state index in [0.717, 1.165) is 5.69 Å². The quantitative estimate of drug-likeness (QED) is 0.528. The number of rotatable bonds is 3. The van der Waals surface area contributed by atoms with Gasteiger partial charge in [-0.2, -0.15) is 0 Å². The van der Waals surface area contributed by atoms with Gasteiger partial charge in [0.1, 0.15) is 5.71 Å². The molecule has 21 heavy (non-hydrogen) atoms. The van der Waals surface area contributed by atoms with Crippen LogP contribution in [0, 0.1) is 0 Å². The van der Waals surface area contributed by atoms with Crippen molar-refractivity contribution < 1.29 is 9.63 Å². The van der Waals surface area contributed by atoms with E-state index in [0.29, 0.717) is 11.3 Å². The number of benzene rings is 1. The molecule has 1 aromatic carbocycles. The maximum Gasteiger partial charge on any atom is 0.365 e. The SMILES string of the molecule is C/C(=N\OC(=O)c1ccc(C(C)(C)C)cc1)c1ccc[nH]1. The second-order valence-electron chi connectivity index (χ2n) is 5.97. The fraction of sp³-hybridized carbons (Fsp3) is 0.294. The number of H-pyrrole nitrogens is 1. The molecular formula is C17H20N2O2. The van der Waals surface area contributed by atoms with Crippen molar-refractivity contribution in [2.75, 3.05) is 0 Å². The fourth-order valence-corrected chi connectivity index (χ4v) is 1.87. The number of nitrogens with zero attached hydrogens (tertiary/aromatic N) is 1. The number of aromatic nitrogens is 1. The molecule has 1 aromatic heterocycles. The lowest BCUT2D eigenvalue weighted by atomic mass is 9.87. The van der Waals surface area contributed by atoms with Crippen molar-refractivity contribution in [2.24, 2.45) is 5.16 Å². The van der Waals surface area contributed by atoms with E-state index in [-0.39, 0.29) is 5.41 Å². The zero-order valence-corrected chi connectivity index (χ0v) is 12.8. The van der Waals surface area contributed by atoms with Gasteiger partial charge in [-0.3, -0.25) is 0 Å². The Balaban J connectivity index is 2.06. The Bertz CT molecular complexity index is 632. The first-order chi connectivity index (χ1) is 9.88. The van der Waals surface area contributed by atoms with Gasteiger partial charge in [0.2, 0.25) is 0 Å². The molecule has 1 N–H and O–H groups in total. The summed E-state index contributed by atoms with van der Waals surface area (Å²) in [6.45, 7) is 8.17. The molecule has 0 bridgehead atoms. The van der Waals surface area contributed by atoms with Crippen molar-refractivity contribution in [3.63, 3.8) is 0 Å². The maximum atomic E-state index is 11.9. The highest BCUT2D eigenvalue weighted by molar-refractivity contribution is 5.97. The van der Waals surface area contributed by atoms with E-state index >= 15 is 0 Å². The fourth-order valence-electron chi connectivity index (χ4n) is 1.87. The number of carbonyl (C=O) groups is 1. The van der Waals surface area contributed by atoms with Crippen LogP contribution in [0.3, 0.4) is 0 Å². The van der Waals surface area contributed by atoms with Crippen LogP contribution in [0.25, 0.3) is 0 Å². The average molecular weight is 284 g/mol. The first kappa shape index (κ1) is 15.0. The van der Waals surface area contributed by atoms with Crippen LogP contribution in [-0.2, 0) is 10.3 Å². The Morgan fingerprint density at radius 1 is 1.14 bits per heavy atom. The van der Waals surface area contributed by atoms with Gasteiger partial charge in [0.25, 0.3) is 0 Å². The highest BCUT2D eigenvalue weighted by Crippen LogP contribution is 2.22. The Labute approximate surface area is 124 Å². The van der Waals surface area contributed by atoms with Crippen molar-refractivity contribution in [3.8, 4) is 0 Å². The van der Waals surface area contributed by atoms with Gasteiger partial charge in [-0.1, -0.05) is 38.1 Å². The summed E-state index contributed by atoms with van der Waals surface area (Å²) in [5.74, 6) is -0.457. The molecule has 0 spiro atoms. The first-order valence-electron chi connectivity index (χ1n) is 6.88. The van der Waals surface area contributed by atoms with Crippen LogP contribution < -0.4 is 0 Å². The predicted molar refractivity (Wildman–Crippen MR) is 83.6 cm³/mol. The van der Waals surface area contributed by atoms with Gasteiger partial charge >= 0.3 is 5.97 Å². The summed E-state index contributed by atoms with van der Waals surface area (Å²) in [7, 11) is 0. The molecule has 2 rings (SSSR count). The summed E-state index contributed by atoms with van der Waals surface area (Å²) < 4.78 is 0. The third kappa shape index (κ3) is 3.81. The molecular weight excluding hydrogens is 264 g/mol. The predicted octanol–water partition coefficient (Wildman–Crippen LogP) is 3.89. The standard InChI is InChI=1S/C17H20N2O2/c1-12(15-6-5-11-18-15)19-21-16(20)13-7-9-14(10-8-13)17(2,3)4/h5-11,18H,1-4H3/b19-12+. The zero-order chi connectivity index (χ0) is 15.5. The normalized spacial score (nSPS) is 12.3. The van der Waals surface area contributed by atoms with Crippen molar-refractivity contribution >= 4 is 11.7 Å². The van der Waals surface area contributed by atoms with E-state index in [4.69, 9.17) is 4.84 Å². The molecule has 4 heteroatoms. The summed E-state index contributed by atoms with van der Waals surface area (Å²) >= 11 is 0. The Morgan fingerprint density at radius 2 is 1.81 bits per heavy atom. The number of aromatic amines is 1. The monoisotopic (exact) mass is 284 g/mol. The first-order valence-corrected chi connectivity index (χ1v) is 6.88. The van der Waals surface area contributed by atoms with Gasteiger partial charge in [0, 0.05) is 6.20 Å². The van der Waals surface area contributed by atoms with E-state index in [1.165, 1.54) is 5.56 Å². The molecule has 0 unspecified atom stereocenters. The number of hydrogen-bond donors (Lipinski definition) is 1. The molecule has 110 valence electrons. The van der Waals surface area contributed by atoms with Crippen molar-refractivity contribution in [1.29, 1.82) is 0 Å². The minimum absolute atomic E-state index is 0.0603. The topological polar surface area (TPSA) is 54.4 Å².